The summed E-state index contributed by atoms with van der Waals surface area (Å²) in [7, 11) is 0. The number of hydrogen-bond donors (Lipinski definition) is 1. The molecule has 0 spiro atoms. The van der Waals surface area contributed by atoms with Crippen LogP contribution < -0.4 is 5.32 Å². The highest BCUT2D eigenvalue weighted by Crippen LogP contribution is 2.12. The number of aromatic nitrogens is 3. The standard InChI is InChI=1S/C17H13BrN4O/c18-14-5-2-13(3-6-14)4-9-17(23)21-15-7-8-16(19-12-15)22-11-1-10-20-22/h1-12H,(H,21,23). The van der Waals surface area contributed by atoms with E-state index in [0.29, 0.717) is 11.5 Å². The minimum absolute atomic E-state index is 0.207. The number of benzene rings is 1. The number of hydrogen-bond acceptors (Lipinski definition) is 3. The molecule has 0 radical (unpaired) electrons. The molecule has 3 aromatic rings. The first-order chi connectivity index (χ1) is 11.2. The van der Waals surface area contributed by atoms with Crippen LogP contribution in [0.5, 0.6) is 0 Å². The lowest BCUT2D eigenvalue weighted by Crippen LogP contribution is -2.08. The molecule has 1 amide bonds. The predicted octanol–water partition coefficient (Wildman–Crippen LogP) is 3.68. The van der Waals surface area contributed by atoms with Gasteiger partial charge in [0.25, 0.3) is 0 Å². The van der Waals surface area contributed by atoms with Gasteiger partial charge in [-0.2, -0.15) is 5.10 Å². The Morgan fingerprint density at radius 1 is 1.17 bits per heavy atom. The Bertz CT molecular complexity index is 809. The van der Waals surface area contributed by atoms with Crippen molar-refractivity contribution >= 4 is 33.6 Å². The molecule has 0 aliphatic rings. The summed E-state index contributed by atoms with van der Waals surface area (Å²) in [5, 5.41) is 6.87. The fourth-order valence-electron chi connectivity index (χ4n) is 1.93. The summed E-state index contributed by atoms with van der Waals surface area (Å²) in [6, 6.07) is 13.1. The van der Waals surface area contributed by atoms with Crippen LogP contribution in [0.4, 0.5) is 5.69 Å². The summed E-state index contributed by atoms with van der Waals surface area (Å²) < 4.78 is 2.65. The monoisotopic (exact) mass is 368 g/mol. The van der Waals surface area contributed by atoms with Crippen LogP contribution >= 0.6 is 15.9 Å². The van der Waals surface area contributed by atoms with Crippen LogP contribution in [-0.4, -0.2) is 20.7 Å². The maximum absolute atomic E-state index is 11.9. The number of pyridine rings is 1. The van der Waals surface area contributed by atoms with Crippen LogP contribution in [0.1, 0.15) is 5.56 Å². The van der Waals surface area contributed by atoms with Gasteiger partial charge in [0.05, 0.1) is 11.9 Å². The fourth-order valence-corrected chi connectivity index (χ4v) is 2.19. The highest BCUT2D eigenvalue weighted by molar-refractivity contribution is 9.10. The van der Waals surface area contributed by atoms with Crippen molar-refractivity contribution in [2.75, 3.05) is 5.32 Å². The van der Waals surface area contributed by atoms with Gasteiger partial charge < -0.3 is 5.32 Å². The van der Waals surface area contributed by atoms with E-state index in [1.54, 1.807) is 35.3 Å². The Labute approximate surface area is 141 Å². The lowest BCUT2D eigenvalue weighted by Gasteiger charge is -2.04. The lowest BCUT2D eigenvalue weighted by atomic mass is 10.2. The SMILES string of the molecule is O=C(C=Cc1ccc(Br)cc1)Nc1ccc(-n2cccn2)nc1. The zero-order valence-electron chi connectivity index (χ0n) is 12.1. The minimum atomic E-state index is -0.207. The molecular formula is C17H13BrN4O. The van der Waals surface area contributed by atoms with Crippen LogP contribution in [0.15, 0.2) is 71.6 Å². The first-order valence-corrected chi connectivity index (χ1v) is 7.71. The van der Waals surface area contributed by atoms with E-state index in [2.05, 4.69) is 31.3 Å². The predicted molar refractivity (Wildman–Crippen MR) is 93.2 cm³/mol. The van der Waals surface area contributed by atoms with E-state index in [1.807, 2.05) is 36.5 Å². The van der Waals surface area contributed by atoms with Crippen molar-refractivity contribution in [1.29, 1.82) is 0 Å². The second kappa shape index (κ2) is 7.02. The topological polar surface area (TPSA) is 59.8 Å². The van der Waals surface area contributed by atoms with E-state index in [4.69, 9.17) is 0 Å². The van der Waals surface area contributed by atoms with E-state index in [0.717, 1.165) is 10.0 Å². The first kappa shape index (κ1) is 15.2. The molecule has 1 aromatic carbocycles. The highest BCUT2D eigenvalue weighted by atomic mass is 79.9. The van der Waals surface area contributed by atoms with Gasteiger partial charge in [-0.25, -0.2) is 9.67 Å². The minimum Gasteiger partial charge on any atom is -0.321 e. The van der Waals surface area contributed by atoms with Crippen molar-refractivity contribution in [2.45, 2.75) is 0 Å². The van der Waals surface area contributed by atoms with E-state index in [9.17, 15) is 4.79 Å². The highest BCUT2D eigenvalue weighted by Gasteiger charge is 2.01. The quantitative estimate of drug-likeness (QED) is 0.714. The second-order valence-electron chi connectivity index (χ2n) is 4.73. The van der Waals surface area contributed by atoms with E-state index in [-0.39, 0.29) is 5.91 Å². The maximum atomic E-state index is 11.9. The molecule has 23 heavy (non-hydrogen) atoms. The molecular weight excluding hydrogens is 356 g/mol. The summed E-state index contributed by atoms with van der Waals surface area (Å²) in [5.41, 5.74) is 1.59. The Hall–Kier alpha value is -2.73. The number of carbonyl (C=O) groups is 1. The number of carbonyl (C=O) groups excluding carboxylic acids is 1. The van der Waals surface area contributed by atoms with Crippen molar-refractivity contribution in [3.63, 3.8) is 0 Å². The first-order valence-electron chi connectivity index (χ1n) is 6.91. The van der Waals surface area contributed by atoms with Gasteiger partial charge in [0.1, 0.15) is 0 Å². The third-order valence-corrected chi connectivity index (χ3v) is 3.58. The van der Waals surface area contributed by atoms with Gasteiger partial charge in [-0.1, -0.05) is 28.1 Å². The van der Waals surface area contributed by atoms with Crippen LogP contribution in [0, 0.1) is 0 Å². The van der Waals surface area contributed by atoms with E-state index < -0.39 is 0 Å². The molecule has 0 fully saturated rings. The molecule has 0 atom stereocenters. The molecule has 2 heterocycles. The van der Waals surface area contributed by atoms with Crippen molar-refractivity contribution in [3.05, 3.63) is 77.2 Å². The molecule has 0 aliphatic carbocycles. The van der Waals surface area contributed by atoms with Crippen molar-refractivity contribution < 1.29 is 4.79 Å². The second-order valence-corrected chi connectivity index (χ2v) is 5.65. The molecule has 0 bridgehead atoms. The summed E-state index contributed by atoms with van der Waals surface area (Å²) in [6.07, 6.45) is 8.34. The molecule has 114 valence electrons. The number of halogens is 1. The normalized spacial score (nSPS) is 10.8. The zero-order valence-corrected chi connectivity index (χ0v) is 13.6. The third-order valence-electron chi connectivity index (χ3n) is 3.05. The number of anilines is 1. The van der Waals surface area contributed by atoms with Crippen molar-refractivity contribution in [1.82, 2.24) is 14.8 Å². The van der Waals surface area contributed by atoms with Crippen molar-refractivity contribution in [2.24, 2.45) is 0 Å². The molecule has 0 aliphatic heterocycles. The van der Waals surface area contributed by atoms with Gasteiger partial charge in [0.15, 0.2) is 5.82 Å². The average Bonchev–Trinajstić information content (AvgIpc) is 3.09. The zero-order chi connectivity index (χ0) is 16.1. The van der Waals surface area contributed by atoms with Gasteiger partial charge in [0.2, 0.25) is 5.91 Å². The lowest BCUT2D eigenvalue weighted by molar-refractivity contribution is -0.111. The number of nitrogens with one attached hydrogen (secondary N) is 1. The Balaban J connectivity index is 1.62. The summed E-state index contributed by atoms with van der Waals surface area (Å²) in [5.74, 6) is 0.486. The largest absolute Gasteiger partial charge is 0.321 e. The van der Waals surface area contributed by atoms with Crippen LogP contribution in [0.25, 0.3) is 11.9 Å². The van der Waals surface area contributed by atoms with E-state index >= 15 is 0 Å². The summed E-state index contributed by atoms with van der Waals surface area (Å²) in [4.78, 5) is 16.2. The molecule has 3 rings (SSSR count). The van der Waals surface area contributed by atoms with Gasteiger partial charge in [0, 0.05) is 22.9 Å². The summed E-state index contributed by atoms with van der Waals surface area (Å²) in [6.45, 7) is 0. The Morgan fingerprint density at radius 3 is 2.65 bits per heavy atom. The number of nitrogens with zero attached hydrogens (tertiary/aromatic N) is 3. The average molecular weight is 369 g/mol. The van der Waals surface area contributed by atoms with E-state index in [1.165, 1.54) is 6.08 Å². The van der Waals surface area contributed by atoms with Crippen LogP contribution in [0.3, 0.4) is 0 Å². The molecule has 6 heteroatoms. The number of rotatable bonds is 4. The van der Waals surface area contributed by atoms with Gasteiger partial charge in [-0.3, -0.25) is 4.79 Å². The van der Waals surface area contributed by atoms with Crippen LogP contribution in [-0.2, 0) is 4.79 Å². The fraction of sp³-hybridized carbons (Fsp3) is 0. The van der Waals surface area contributed by atoms with Crippen molar-refractivity contribution in [3.8, 4) is 5.82 Å². The van der Waals surface area contributed by atoms with Crippen LogP contribution in [0.2, 0.25) is 0 Å². The van der Waals surface area contributed by atoms with Gasteiger partial charge in [-0.05, 0) is 42.0 Å². The van der Waals surface area contributed by atoms with Gasteiger partial charge in [-0.15, -0.1) is 0 Å². The van der Waals surface area contributed by atoms with Gasteiger partial charge >= 0.3 is 0 Å². The molecule has 1 N–H and O–H groups in total. The third kappa shape index (κ3) is 4.14. The molecule has 5 nitrogen and oxygen atoms in total. The molecule has 0 unspecified atom stereocenters. The summed E-state index contributed by atoms with van der Waals surface area (Å²) >= 11 is 3.37. The number of amides is 1. The Morgan fingerprint density at radius 2 is 2.00 bits per heavy atom. The molecule has 0 saturated heterocycles. The smallest absolute Gasteiger partial charge is 0.248 e. The molecule has 0 saturated carbocycles. The molecule has 2 aromatic heterocycles. The maximum Gasteiger partial charge on any atom is 0.248 e. The Kier molecular flexibility index (Phi) is 4.63.